The molecule has 0 bridgehead atoms. The molecule has 1 aromatic carbocycles. The van der Waals surface area contributed by atoms with Crippen LogP contribution in [0.25, 0.3) is 0 Å². The van der Waals surface area contributed by atoms with Gasteiger partial charge >= 0.3 is 0 Å². The van der Waals surface area contributed by atoms with Gasteiger partial charge in [0.1, 0.15) is 11.8 Å². The zero-order valence-electron chi connectivity index (χ0n) is 10.1. The minimum atomic E-state index is 0.366. The lowest BCUT2D eigenvalue weighted by Crippen LogP contribution is -2.00. The minimum Gasteiger partial charge on any atom is -0.324 e. The molecular formula is C13H12N4S. The number of hydrogen-bond acceptors (Lipinski definition) is 5. The van der Waals surface area contributed by atoms with E-state index in [-0.39, 0.29) is 0 Å². The molecule has 0 saturated carbocycles. The Bertz CT molecular complexity index is 587. The summed E-state index contributed by atoms with van der Waals surface area (Å²) in [5.74, 6) is 0.448. The van der Waals surface area contributed by atoms with E-state index in [1.165, 1.54) is 4.90 Å². The summed E-state index contributed by atoms with van der Waals surface area (Å²) < 4.78 is 0. The molecular weight excluding hydrogens is 244 g/mol. The van der Waals surface area contributed by atoms with Crippen LogP contribution in [0.2, 0.25) is 0 Å². The highest BCUT2D eigenvalue weighted by atomic mass is 32.2. The molecule has 5 heteroatoms. The second-order valence-electron chi connectivity index (χ2n) is 3.68. The number of hydrogen-bond donors (Lipinski definition) is 1. The molecule has 0 saturated heterocycles. The topological polar surface area (TPSA) is 61.6 Å². The third kappa shape index (κ3) is 2.99. The molecule has 1 aromatic heterocycles. The number of aryl methyl sites for hydroxylation is 1. The molecule has 0 unspecified atom stereocenters. The Morgan fingerprint density at radius 3 is 2.56 bits per heavy atom. The van der Waals surface area contributed by atoms with Gasteiger partial charge in [-0.15, -0.1) is 11.8 Å². The highest BCUT2D eigenvalue weighted by Crippen LogP contribution is 2.19. The molecule has 0 radical (unpaired) electrons. The number of nitrogens with zero attached hydrogens (tertiary/aromatic N) is 3. The van der Waals surface area contributed by atoms with E-state index in [2.05, 4.69) is 15.3 Å². The van der Waals surface area contributed by atoms with Gasteiger partial charge in [-0.1, -0.05) is 0 Å². The van der Waals surface area contributed by atoms with Gasteiger partial charge in [0.2, 0.25) is 5.95 Å². The van der Waals surface area contributed by atoms with Gasteiger partial charge in [0.05, 0.1) is 0 Å². The maximum absolute atomic E-state index is 8.85. The maximum atomic E-state index is 8.85. The van der Waals surface area contributed by atoms with Crippen molar-refractivity contribution in [3.63, 3.8) is 0 Å². The third-order valence-electron chi connectivity index (χ3n) is 2.31. The van der Waals surface area contributed by atoms with Crippen molar-refractivity contribution in [1.29, 1.82) is 5.26 Å². The summed E-state index contributed by atoms with van der Waals surface area (Å²) >= 11 is 1.69. The molecule has 0 aliphatic heterocycles. The number of anilines is 2. The van der Waals surface area contributed by atoms with Crippen LogP contribution in [0.15, 0.2) is 35.2 Å². The zero-order chi connectivity index (χ0) is 13.0. The average Bonchev–Trinajstić information content (AvgIpc) is 2.39. The van der Waals surface area contributed by atoms with Gasteiger partial charge in [-0.25, -0.2) is 9.97 Å². The molecule has 90 valence electrons. The van der Waals surface area contributed by atoms with Crippen molar-refractivity contribution in [2.75, 3.05) is 11.6 Å². The van der Waals surface area contributed by atoms with E-state index in [0.29, 0.717) is 11.6 Å². The fraction of sp³-hybridized carbons (Fsp3) is 0.154. The highest BCUT2D eigenvalue weighted by molar-refractivity contribution is 7.98. The Hall–Kier alpha value is -2.06. The van der Waals surface area contributed by atoms with Crippen LogP contribution < -0.4 is 5.32 Å². The van der Waals surface area contributed by atoms with Crippen molar-refractivity contribution >= 4 is 23.4 Å². The van der Waals surface area contributed by atoms with E-state index in [1.807, 2.05) is 43.5 Å². The number of rotatable bonds is 3. The molecule has 1 N–H and O–H groups in total. The van der Waals surface area contributed by atoms with Crippen LogP contribution in [0.1, 0.15) is 11.4 Å². The lowest BCUT2D eigenvalue weighted by atomic mass is 10.3. The fourth-order valence-corrected chi connectivity index (χ4v) is 1.89. The van der Waals surface area contributed by atoms with Gasteiger partial charge in [0.15, 0.2) is 0 Å². The monoisotopic (exact) mass is 256 g/mol. The first-order chi connectivity index (χ1) is 8.71. The smallest absolute Gasteiger partial charge is 0.228 e. The van der Waals surface area contributed by atoms with Crippen LogP contribution in [0.5, 0.6) is 0 Å². The summed E-state index contributed by atoms with van der Waals surface area (Å²) in [7, 11) is 0. The predicted molar refractivity (Wildman–Crippen MR) is 73.0 cm³/mol. The summed E-state index contributed by atoms with van der Waals surface area (Å²) in [6, 6.07) is 11.6. The Labute approximate surface area is 110 Å². The summed E-state index contributed by atoms with van der Waals surface area (Å²) in [6.07, 6.45) is 2.03. The molecule has 0 amide bonds. The van der Waals surface area contributed by atoms with Crippen molar-refractivity contribution in [3.05, 3.63) is 41.7 Å². The standard InChI is InChI=1S/C13H12N4S/c1-9-7-11(8-14)17-13(15-9)16-10-3-5-12(18-2)6-4-10/h3-7H,1-2H3,(H,15,16,17). The molecule has 4 nitrogen and oxygen atoms in total. The van der Waals surface area contributed by atoms with Gasteiger partial charge in [-0.2, -0.15) is 5.26 Å². The van der Waals surface area contributed by atoms with Crippen LogP contribution in [0.3, 0.4) is 0 Å². The van der Waals surface area contributed by atoms with Gasteiger partial charge in [-0.3, -0.25) is 0 Å². The second-order valence-corrected chi connectivity index (χ2v) is 4.56. The molecule has 0 fully saturated rings. The fourth-order valence-electron chi connectivity index (χ4n) is 1.49. The molecule has 0 aliphatic carbocycles. The summed E-state index contributed by atoms with van der Waals surface area (Å²) in [6.45, 7) is 1.84. The van der Waals surface area contributed by atoms with Gasteiger partial charge < -0.3 is 5.32 Å². The van der Waals surface area contributed by atoms with Crippen LogP contribution in [0.4, 0.5) is 11.6 Å². The number of thioether (sulfide) groups is 1. The Morgan fingerprint density at radius 2 is 1.94 bits per heavy atom. The number of nitriles is 1. The minimum absolute atomic E-state index is 0.366. The van der Waals surface area contributed by atoms with E-state index in [1.54, 1.807) is 17.8 Å². The first-order valence-electron chi connectivity index (χ1n) is 5.38. The van der Waals surface area contributed by atoms with Gasteiger partial charge in [0.25, 0.3) is 0 Å². The van der Waals surface area contributed by atoms with Crippen molar-refractivity contribution in [3.8, 4) is 6.07 Å². The summed E-state index contributed by atoms with van der Waals surface area (Å²) in [4.78, 5) is 9.54. The van der Waals surface area contributed by atoms with Crippen LogP contribution in [0, 0.1) is 18.3 Å². The van der Waals surface area contributed by atoms with Gasteiger partial charge in [-0.05, 0) is 43.5 Å². The largest absolute Gasteiger partial charge is 0.324 e. The molecule has 2 aromatic rings. The zero-order valence-corrected chi connectivity index (χ0v) is 11.0. The van der Waals surface area contributed by atoms with Crippen LogP contribution in [-0.2, 0) is 0 Å². The third-order valence-corrected chi connectivity index (χ3v) is 3.06. The van der Waals surface area contributed by atoms with E-state index < -0.39 is 0 Å². The summed E-state index contributed by atoms with van der Waals surface area (Å²) in [5.41, 5.74) is 2.04. The van der Waals surface area contributed by atoms with E-state index in [4.69, 9.17) is 5.26 Å². The molecule has 1 heterocycles. The molecule has 2 rings (SSSR count). The van der Waals surface area contributed by atoms with Crippen molar-refractivity contribution in [2.24, 2.45) is 0 Å². The Balaban J connectivity index is 2.22. The highest BCUT2D eigenvalue weighted by Gasteiger charge is 2.02. The average molecular weight is 256 g/mol. The van der Waals surface area contributed by atoms with Gasteiger partial charge in [0, 0.05) is 16.3 Å². The number of benzene rings is 1. The Morgan fingerprint density at radius 1 is 1.22 bits per heavy atom. The molecule has 18 heavy (non-hydrogen) atoms. The SMILES string of the molecule is CSc1ccc(Nc2nc(C)cc(C#N)n2)cc1. The second kappa shape index (κ2) is 5.52. The first kappa shape index (κ1) is 12.4. The van der Waals surface area contributed by atoms with Crippen molar-refractivity contribution in [1.82, 2.24) is 9.97 Å². The lowest BCUT2D eigenvalue weighted by molar-refractivity contribution is 1.09. The maximum Gasteiger partial charge on any atom is 0.228 e. The normalized spacial score (nSPS) is 9.83. The van der Waals surface area contributed by atoms with E-state index >= 15 is 0 Å². The van der Waals surface area contributed by atoms with Crippen molar-refractivity contribution in [2.45, 2.75) is 11.8 Å². The first-order valence-corrected chi connectivity index (χ1v) is 6.60. The number of nitrogens with one attached hydrogen (secondary N) is 1. The number of aromatic nitrogens is 2. The predicted octanol–water partition coefficient (Wildman–Crippen LogP) is 3.12. The lowest BCUT2D eigenvalue weighted by Gasteiger charge is -2.06. The van der Waals surface area contributed by atoms with E-state index in [0.717, 1.165) is 11.4 Å². The van der Waals surface area contributed by atoms with Crippen LogP contribution in [-0.4, -0.2) is 16.2 Å². The molecule has 0 spiro atoms. The van der Waals surface area contributed by atoms with E-state index in [9.17, 15) is 0 Å². The molecule has 0 aliphatic rings. The Kier molecular flexibility index (Phi) is 3.80. The van der Waals surface area contributed by atoms with Crippen LogP contribution >= 0.6 is 11.8 Å². The molecule has 0 atom stereocenters. The quantitative estimate of drug-likeness (QED) is 0.855. The van der Waals surface area contributed by atoms with Crippen molar-refractivity contribution < 1.29 is 0 Å². The summed E-state index contributed by atoms with van der Waals surface area (Å²) in [5, 5.41) is 11.9.